The fourth-order valence-electron chi connectivity index (χ4n) is 2.12. The number of H-pyrrole nitrogens is 1. The molecule has 1 unspecified atom stereocenters. The second-order valence-electron chi connectivity index (χ2n) is 5.39. The van der Waals surface area contributed by atoms with E-state index in [0.29, 0.717) is 23.8 Å². The number of aromatic amines is 1. The maximum Gasteiger partial charge on any atom is 0.260 e. The number of aryl methyl sites for hydroxylation is 1. The van der Waals surface area contributed by atoms with Crippen LogP contribution in [0, 0.1) is 6.92 Å². The number of rotatable bonds is 7. The normalized spacial score (nSPS) is 17.6. The number of sulfonamides is 1. The predicted molar refractivity (Wildman–Crippen MR) is 74.7 cm³/mol. The van der Waals surface area contributed by atoms with E-state index in [2.05, 4.69) is 19.8 Å². The highest BCUT2D eigenvalue weighted by molar-refractivity contribution is 7.89. The van der Waals surface area contributed by atoms with Gasteiger partial charge in [0.25, 0.3) is 10.0 Å². The van der Waals surface area contributed by atoms with E-state index in [4.69, 9.17) is 0 Å². The fourth-order valence-corrected chi connectivity index (χ4v) is 3.43. The number of aliphatic hydroxyl groups is 1. The highest BCUT2D eigenvalue weighted by Crippen LogP contribution is 2.26. The van der Waals surface area contributed by atoms with Gasteiger partial charge in [-0.25, -0.2) is 13.1 Å². The molecule has 1 aliphatic rings. The minimum Gasteiger partial charge on any atom is -0.392 e. The van der Waals surface area contributed by atoms with Gasteiger partial charge in [-0.1, -0.05) is 0 Å². The van der Waals surface area contributed by atoms with Gasteiger partial charge in [0.2, 0.25) is 0 Å². The summed E-state index contributed by atoms with van der Waals surface area (Å²) in [6.45, 7) is 3.65. The standard InChI is InChI=1S/C12H22N4O3S/c1-8(16(3)10-4-5-10)6-13-20(18,19)12-11(7-17)9(2)14-15-12/h8,10,13,17H,4-7H2,1-3H3,(H,14,15). The first-order valence-corrected chi connectivity index (χ1v) is 8.21. The molecule has 0 bridgehead atoms. The summed E-state index contributed by atoms with van der Waals surface area (Å²) in [4.78, 5) is 2.19. The first-order valence-electron chi connectivity index (χ1n) is 6.73. The third-order valence-corrected chi connectivity index (χ3v) is 5.23. The Morgan fingerprint density at radius 2 is 2.20 bits per heavy atom. The summed E-state index contributed by atoms with van der Waals surface area (Å²) >= 11 is 0. The SMILES string of the molecule is Cc1[nH]nc(S(=O)(=O)NCC(C)N(C)C2CC2)c1CO. The number of hydrogen-bond acceptors (Lipinski definition) is 5. The number of aliphatic hydroxyl groups excluding tert-OH is 1. The lowest BCUT2D eigenvalue weighted by Gasteiger charge is -2.24. The Balaban J connectivity index is 2.03. The average molecular weight is 302 g/mol. The van der Waals surface area contributed by atoms with Gasteiger partial charge < -0.3 is 5.11 Å². The molecule has 1 atom stereocenters. The molecule has 1 heterocycles. The molecule has 1 fully saturated rings. The van der Waals surface area contributed by atoms with Crippen LogP contribution in [-0.2, 0) is 16.6 Å². The van der Waals surface area contributed by atoms with Crippen molar-refractivity contribution in [3.8, 4) is 0 Å². The van der Waals surface area contributed by atoms with Gasteiger partial charge in [0.1, 0.15) is 0 Å². The molecule has 0 saturated heterocycles. The fraction of sp³-hybridized carbons (Fsp3) is 0.750. The summed E-state index contributed by atoms with van der Waals surface area (Å²) < 4.78 is 27.0. The lowest BCUT2D eigenvalue weighted by atomic mass is 10.3. The van der Waals surface area contributed by atoms with E-state index in [0.717, 1.165) is 0 Å². The van der Waals surface area contributed by atoms with Crippen LogP contribution in [0.2, 0.25) is 0 Å². The van der Waals surface area contributed by atoms with Crippen LogP contribution in [-0.4, -0.2) is 54.3 Å². The van der Waals surface area contributed by atoms with Crippen LogP contribution < -0.4 is 4.72 Å². The third-order valence-electron chi connectivity index (χ3n) is 3.84. The molecular formula is C12H22N4O3S. The van der Waals surface area contributed by atoms with Crippen LogP contribution >= 0.6 is 0 Å². The van der Waals surface area contributed by atoms with Crippen molar-refractivity contribution < 1.29 is 13.5 Å². The molecule has 3 N–H and O–H groups in total. The lowest BCUT2D eigenvalue weighted by Crippen LogP contribution is -2.41. The molecule has 20 heavy (non-hydrogen) atoms. The van der Waals surface area contributed by atoms with Crippen molar-refractivity contribution in [2.24, 2.45) is 0 Å². The van der Waals surface area contributed by atoms with Crippen LogP contribution in [0.15, 0.2) is 5.03 Å². The monoisotopic (exact) mass is 302 g/mol. The van der Waals surface area contributed by atoms with Crippen molar-refractivity contribution in [2.75, 3.05) is 13.6 Å². The molecule has 1 aromatic heterocycles. The molecule has 0 aliphatic heterocycles. The van der Waals surface area contributed by atoms with Crippen molar-refractivity contribution in [2.45, 2.75) is 50.4 Å². The zero-order valence-corrected chi connectivity index (χ0v) is 12.9. The highest BCUT2D eigenvalue weighted by atomic mass is 32.2. The molecule has 1 saturated carbocycles. The zero-order chi connectivity index (χ0) is 14.9. The first-order chi connectivity index (χ1) is 9.36. The average Bonchev–Trinajstić information content (AvgIpc) is 3.18. The van der Waals surface area contributed by atoms with Gasteiger partial charge in [-0.2, -0.15) is 5.10 Å². The Labute approximate surface area is 119 Å². The Kier molecular flexibility index (Phi) is 4.48. The van der Waals surface area contributed by atoms with Crippen LogP contribution in [0.5, 0.6) is 0 Å². The molecule has 0 amide bonds. The molecule has 1 aromatic rings. The van der Waals surface area contributed by atoms with Gasteiger partial charge in [0.05, 0.1) is 6.61 Å². The summed E-state index contributed by atoms with van der Waals surface area (Å²) in [5, 5.41) is 15.5. The minimum atomic E-state index is -3.70. The summed E-state index contributed by atoms with van der Waals surface area (Å²) in [6.07, 6.45) is 2.36. The number of aromatic nitrogens is 2. The third kappa shape index (κ3) is 3.20. The van der Waals surface area contributed by atoms with Gasteiger partial charge in [0, 0.05) is 29.9 Å². The van der Waals surface area contributed by atoms with Crippen molar-refractivity contribution in [1.29, 1.82) is 0 Å². The molecular weight excluding hydrogens is 280 g/mol. The Morgan fingerprint density at radius 3 is 2.75 bits per heavy atom. The molecule has 8 heteroatoms. The Morgan fingerprint density at radius 1 is 1.55 bits per heavy atom. The molecule has 1 aliphatic carbocycles. The molecule has 2 rings (SSSR count). The number of likely N-dealkylation sites (N-methyl/N-ethyl adjacent to an activating group) is 1. The van der Waals surface area contributed by atoms with Crippen molar-refractivity contribution >= 4 is 10.0 Å². The quantitative estimate of drug-likeness (QED) is 0.657. The lowest BCUT2D eigenvalue weighted by molar-refractivity contribution is 0.248. The van der Waals surface area contributed by atoms with Crippen LogP contribution in [0.25, 0.3) is 0 Å². The number of nitrogens with zero attached hydrogens (tertiary/aromatic N) is 2. The van der Waals surface area contributed by atoms with Crippen LogP contribution in [0.1, 0.15) is 31.0 Å². The summed E-state index contributed by atoms with van der Waals surface area (Å²) in [5.74, 6) is 0. The first kappa shape index (κ1) is 15.4. The van der Waals surface area contributed by atoms with E-state index in [1.54, 1.807) is 6.92 Å². The molecule has 114 valence electrons. The van der Waals surface area contributed by atoms with E-state index in [9.17, 15) is 13.5 Å². The number of nitrogens with one attached hydrogen (secondary N) is 2. The Bertz CT molecular complexity index is 565. The predicted octanol–water partition coefficient (Wildman–Crippen LogP) is -0.0286. The summed E-state index contributed by atoms with van der Waals surface area (Å²) in [5.41, 5.74) is 0.886. The van der Waals surface area contributed by atoms with Crippen LogP contribution in [0.3, 0.4) is 0 Å². The van der Waals surface area contributed by atoms with Gasteiger partial charge in [-0.3, -0.25) is 10.00 Å². The van der Waals surface area contributed by atoms with Gasteiger partial charge in [-0.15, -0.1) is 0 Å². The number of hydrogen-bond donors (Lipinski definition) is 3. The van der Waals surface area contributed by atoms with Gasteiger partial charge in [-0.05, 0) is 33.7 Å². The van der Waals surface area contributed by atoms with Crippen molar-refractivity contribution in [3.63, 3.8) is 0 Å². The highest BCUT2D eigenvalue weighted by Gasteiger charge is 2.30. The van der Waals surface area contributed by atoms with Gasteiger partial charge >= 0.3 is 0 Å². The molecule has 0 aromatic carbocycles. The van der Waals surface area contributed by atoms with Gasteiger partial charge in [0.15, 0.2) is 5.03 Å². The van der Waals surface area contributed by atoms with E-state index in [1.807, 2.05) is 14.0 Å². The van der Waals surface area contributed by atoms with Crippen LogP contribution in [0.4, 0.5) is 0 Å². The second-order valence-corrected chi connectivity index (χ2v) is 7.07. The molecule has 0 radical (unpaired) electrons. The summed E-state index contributed by atoms with van der Waals surface area (Å²) in [7, 11) is -1.69. The van der Waals surface area contributed by atoms with Crippen molar-refractivity contribution in [3.05, 3.63) is 11.3 Å². The molecule has 7 nitrogen and oxygen atoms in total. The van der Waals surface area contributed by atoms with E-state index in [1.165, 1.54) is 12.8 Å². The largest absolute Gasteiger partial charge is 0.392 e. The minimum absolute atomic E-state index is 0.112. The smallest absolute Gasteiger partial charge is 0.260 e. The maximum atomic E-state index is 12.2. The second kappa shape index (κ2) is 5.80. The van der Waals surface area contributed by atoms with E-state index >= 15 is 0 Å². The Hall–Kier alpha value is -0.960. The van der Waals surface area contributed by atoms with E-state index < -0.39 is 10.0 Å². The zero-order valence-electron chi connectivity index (χ0n) is 12.0. The van der Waals surface area contributed by atoms with Crippen molar-refractivity contribution in [1.82, 2.24) is 19.8 Å². The molecule has 0 spiro atoms. The summed E-state index contributed by atoms with van der Waals surface area (Å²) in [6, 6.07) is 0.699. The topological polar surface area (TPSA) is 98.3 Å². The van der Waals surface area contributed by atoms with E-state index in [-0.39, 0.29) is 17.7 Å². The maximum absolute atomic E-state index is 12.2.